The van der Waals surface area contributed by atoms with E-state index in [-0.39, 0.29) is 28.9 Å². The van der Waals surface area contributed by atoms with Crippen molar-refractivity contribution >= 4 is 34.0 Å². The fraction of sp³-hybridized carbons (Fsp3) is 0.538. The Morgan fingerprint density at radius 1 is 1.30 bits per heavy atom. The topological polar surface area (TPSA) is 72.2 Å². The molecule has 0 aliphatic heterocycles. The smallest absolute Gasteiger partial charge is 0.242 e. The van der Waals surface area contributed by atoms with E-state index in [4.69, 9.17) is 17.3 Å². The molecule has 116 valence electrons. The standard InChI is InChI=1S/C13H21ClN2O2S.ClH/c1-4-13(5-2,9-15)16-19(17,18)12-8-10(3)6-7-11(12)14;/h6-8,16H,4-5,9,15H2,1-3H3;1H. The number of nitrogens with one attached hydrogen (secondary N) is 1. The predicted octanol–water partition coefficient (Wildman–Crippen LogP) is 2.87. The van der Waals surface area contributed by atoms with E-state index in [1.165, 1.54) is 0 Å². The molecule has 7 heteroatoms. The molecular weight excluding hydrogens is 319 g/mol. The van der Waals surface area contributed by atoms with E-state index in [9.17, 15) is 8.42 Å². The molecule has 0 aliphatic rings. The minimum absolute atomic E-state index is 0. The van der Waals surface area contributed by atoms with Gasteiger partial charge < -0.3 is 5.73 Å². The van der Waals surface area contributed by atoms with Gasteiger partial charge in [-0.1, -0.05) is 31.5 Å². The number of hydrogen-bond donors (Lipinski definition) is 2. The Labute approximate surface area is 132 Å². The maximum absolute atomic E-state index is 12.4. The summed E-state index contributed by atoms with van der Waals surface area (Å²) in [6.07, 6.45) is 1.26. The van der Waals surface area contributed by atoms with Crippen molar-refractivity contribution in [2.45, 2.75) is 44.0 Å². The van der Waals surface area contributed by atoms with Crippen LogP contribution in [0.4, 0.5) is 0 Å². The minimum Gasteiger partial charge on any atom is -0.329 e. The van der Waals surface area contributed by atoms with E-state index in [2.05, 4.69) is 4.72 Å². The molecule has 0 saturated carbocycles. The summed E-state index contributed by atoms with van der Waals surface area (Å²) in [5.74, 6) is 0. The lowest BCUT2D eigenvalue weighted by atomic mass is 9.95. The first-order valence-corrected chi connectivity index (χ1v) is 8.16. The summed E-state index contributed by atoms with van der Waals surface area (Å²) >= 11 is 5.99. The van der Waals surface area contributed by atoms with Crippen LogP contribution in [0.2, 0.25) is 5.02 Å². The summed E-state index contributed by atoms with van der Waals surface area (Å²) in [6.45, 7) is 5.90. The highest BCUT2D eigenvalue weighted by Gasteiger charge is 2.31. The summed E-state index contributed by atoms with van der Waals surface area (Å²) in [5.41, 5.74) is 5.95. The lowest BCUT2D eigenvalue weighted by molar-refractivity contribution is 0.363. The van der Waals surface area contributed by atoms with Crippen LogP contribution in [0.15, 0.2) is 23.1 Å². The van der Waals surface area contributed by atoms with Gasteiger partial charge in [-0.3, -0.25) is 0 Å². The molecule has 0 radical (unpaired) electrons. The molecule has 0 aliphatic carbocycles. The van der Waals surface area contributed by atoms with Crippen molar-refractivity contribution in [2.24, 2.45) is 5.73 Å². The number of sulfonamides is 1. The molecule has 1 aromatic rings. The van der Waals surface area contributed by atoms with E-state index in [0.29, 0.717) is 12.8 Å². The van der Waals surface area contributed by atoms with Gasteiger partial charge in [0.05, 0.1) is 5.02 Å². The monoisotopic (exact) mass is 340 g/mol. The van der Waals surface area contributed by atoms with Crippen LogP contribution in [0.25, 0.3) is 0 Å². The third kappa shape index (κ3) is 4.33. The van der Waals surface area contributed by atoms with Crippen molar-refractivity contribution in [3.8, 4) is 0 Å². The second-order valence-corrected chi connectivity index (χ2v) is 6.79. The minimum atomic E-state index is -3.67. The average molecular weight is 341 g/mol. The van der Waals surface area contributed by atoms with E-state index in [1.807, 2.05) is 20.8 Å². The van der Waals surface area contributed by atoms with Gasteiger partial charge in [-0.2, -0.15) is 0 Å². The Kier molecular flexibility index (Phi) is 7.49. The number of rotatable bonds is 6. The van der Waals surface area contributed by atoms with Crippen LogP contribution in [0.5, 0.6) is 0 Å². The zero-order valence-electron chi connectivity index (χ0n) is 11.9. The predicted molar refractivity (Wildman–Crippen MR) is 86.1 cm³/mol. The molecule has 20 heavy (non-hydrogen) atoms. The zero-order chi connectivity index (χ0) is 14.7. The van der Waals surface area contributed by atoms with Crippen LogP contribution in [0.3, 0.4) is 0 Å². The van der Waals surface area contributed by atoms with Crippen LogP contribution in [0.1, 0.15) is 32.3 Å². The number of aryl methyl sites for hydroxylation is 1. The van der Waals surface area contributed by atoms with Gasteiger partial charge in [-0.05, 0) is 37.5 Å². The normalized spacial score (nSPS) is 12.1. The van der Waals surface area contributed by atoms with Crippen molar-refractivity contribution in [3.63, 3.8) is 0 Å². The Bertz CT molecular complexity index is 535. The molecule has 0 amide bonds. The van der Waals surface area contributed by atoms with Crippen molar-refractivity contribution in [3.05, 3.63) is 28.8 Å². The molecule has 0 atom stereocenters. The average Bonchev–Trinajstić information content (AvgIpc) is 2.39. The van der Waals surface area contributed by atoms with Gasteiger partial charge in [0.1, 0.15) is 4.90 Å². The van der Waals surface area contributed by atoms with Crippen molar-refractivity contribution < 1.29 is 8.42 Å². The molecule has 0 aromatic heterocycles. The number of benzene rings is 1. The van der Waals surface area contributed by atoms with E-state index in [0.717, 1.165) is 5.56 Å². The summed E-state index contributed by atoms with van der Waals surface area (Å²) in [6, 6.07) is 4.93. The van der Waals surface area contributed by atoms with Gasteiger partial charge in [0.2, 0.25) is 10.0 Å². The second kappa shape index (κ2) is 7.61. The molecule has 0 fully saturated rings. The van der Waals surface area contributed by atoms with E-state index >= 15 is 0 Å². The van der Waals surface area contributed by atoms with Crippen molar-refractivity contribution in [1.29, 1.82) is 0 Å². The molecular formula is C13H22Cl2N2O2S. The third-order valence-corrected chi connectivity index (χ3v) is 5.53. The highest BCUT2D eigenvalue weighted by Crippen LogP contribution is 2.25. The summed E-state index contributed by atoms with van der Waals surface area (Å²) in [7, 11) is -3.67. The van der Waals surface area contributed by atoms with Gasteiger partial charge in [-0.15, -0.1) is 12.4 Å². The van der Waals surface area contributed by atoms with Gasteiger partial charge in [-0.25, -0.2) is 13.1 Å². The fourth-order valence-corrected chi connectivity index (χ4v) is 4.02. The largest absolute Gasteiger partial charge is 0.329 e. The SMILES string of the molecule is CCC(CC)(CN)NS(=O)(=O)c1cc(C)ccc1Cl.Cl. The molecule has 1 aromatic carbocycles. The second-order valence-electron chi connectivity index (χ2n) is 4.73. The number of halogens is 2. The summed E-state index contributed by atoms with van der Waals surface area (Å²) in [5, 5.41) is 0.219. The Morgan fingerprint density at radius 2 is 1.85 bits per heavy atom. The molecule has 0 spiro atoms. The molecule has 0 unspecified atom stereocenters. The maximum atomic E-state index is 12.4. The molecule has 0 saturated heterocycles. The van der Waals surface area contributed by atoms with Gasteiger partial charge >= 0.3 is 0 Å². The molecule has 0 heterocycles. The zero-order valence-corrected chi connectivity index (χ0v) is 14.3. The molecule has 0 bridgehead atoms. The quantitative estimate of drug-likeness (QED) is 0.836. The van der Waals surface area contributed by atoms with Crippen molar-refractivity contribution in [1.82, 2.24) is 4.72 Å². The molecule has 4 nitrogen and oxygen atoms in total. The highest BCUT2D eigenvalue weighted by molar-refractivity contribution is 7.89. The number of nitrogens with two attached hydrogens (primary N) is 1. The summed E-state index contributed by atoms with van der Waals surface area (Å²) < 4.78 is 27.6. The van der Waals surface area contributed by atoms with Crippen molar-refractivity contribution in [2.75, 3.05) is 6.54 Å². The first kappa shape index (κ1) is 19.7. The van der Waals surface area contributed by atoms with E-state index < -0.39 is 15.6 Å². The maximum Gasteiger partial charge on any atom is 0.242 e. The number of hydrogen-bond acceptors (Lipinski definition) is 3. The van der Waals surface area contributed by atoms with Gasteiger partial charge in [0.25, 0.3) is 0 Å². The van der Waals surface area contributed by atoms with Crippen LogP contribution >= 0.6 is 24.0 Å². The first-order chi connectivity index (χ1) is 8.80. The fourth-order valence-electron chi connectivity index (χ4n) is 1.88. The lowest BCUT2D eigenvalue weighted by Gasteiger charge is -2.31. The Morgan fingerprint density at radius 3 is 2.30 bits per heavy atom. The van der Waals surface area contributed by atoms with Crippen LogP contribution < -0.4 is 10.5 Å². The van der Waals surface area contributed by atoms with Crippen LogP contribution in [-0.4, -0.2) is 20.5 Å². The molecule has 3 N–H and O–H groups in total. The Balaban J connectivity index is 0.00000361. The first-order valence-electron chi connectivity index (χ1n) is 6.30. The van der Waals surface area contributed by atoms with Gasteiger partial charge in [0.15, 0.2) is 0 Å². The Hall–Kier alpha value is -0.330. The third-order valence-electron chi connectivity index (χ3n) is 3.47. The summed E-state index contributed by atoms with van der Waals surface area (Å²) in [4.78, 5) is 0.105. The van der Waals surface area contributed by atoms with Crippen LogP contribution in [-0.2, 0) is 10.0 Å². The highest BCUT2D eigenvalue weighted by atomic mass is 35.5. The molecule has 1 rings (SSSR count). The van der Waals surface area contributed by atoms with E-state index in [1.54, 1.807) is 18.2 Å². The van der Waals surface area contributed by atoms with Gasteiger partial charge in [0, 0.05) is 12.1 Å². The van der Waals surface area contributed by atoms with Crippen LogP contribution in [0, 0.1) is 6.92 Å². The lowest BCUT2D eigenvalue weighted by Crippen LogP contribution is -2.52.